The van der Waals surface area contributed by atoms with E-state index >= 15 is 0 Å². The minimum absolute atomic E-state index is 0.0721. The molecule has 0 aliphatic carbocycles. The first-order valence-electron chi connectivity index (χ1n) is 4.94. The topological polar surface area (TPSA) is 29.5 Å². The normalized spacial score (nSPS) is 14.6. The van der Waals surface area contributed by atoms with Crippen LogP contribution in [0.4, 0.5) is 0 Å². The first-order valence-corrected chi connectivity index (χ1v) is 4.94. The molecule has 0 aromatic heterocycles. The van der Waals surface area contributed by atoms with Crippen LogP contribution < -0.4 is 0 Å². The van der Waals surface area contributed by atoms with E-state index in [-0.39, 0.29) is 12.2 Å². The molecule has 2 heteroatoms. The molecule has 0 amide bonds. The summed E-state index contributed by atoms with van der Waals surface area (Å²) in [6.45, 7) is 9.94. The van der Waals surface area contributed by atoms with Crippen molar-refractivity contribution in [3.63, 3.8) is 0 Å². The van der Waals surface area contributed by atoms with Crippen molar-refractivity contribution in [1.82, 2.24) is 0 Å². The standard InChI is InChI=1S/C12H22O2/c1-10(11(2)9-13)7-6-8-12(3,4)14-5/h6,8,10,13H,2,7,9H2,1,3-5H3/b8-6+/t10-/m1/s1. The van der Waals surface area contributed by atoms with Gasteiger partial charge < -0.3 is 9.84 Å². The van der Waals surface area contributed by atoms with E-state index in [1.165, 1.54) is 0 Å². The lowest BCUT2D eigenvalue weighted by Gasteiger charge is -2.18. The highest BCUT2D eigenvalue weighted by atomic mass is 16.5. The summed E-state index contributed by atoms with van der Waals surface area (Å²) in [5.74, 6) is 0.323. The van der Waals surface area contributed by atoms with Crippen LogP contribution >= 0.6 is 0 Å². The summed E-state index contributed by atoms with van der Waals surface area (Å²) >= 11 is 0. The number of rotatable bonds is 6. The number of methoxy groups -OCH3 is 1. The molecule has 82 valence electrons. The Morgan fingerprint density at radius 1 is 1.57 bits per heavy atom. The molecule has 0 spiro atoms. The van der Waals surface area contributed by atoms with Crippen molar-refractivity contribution in [3.8, 4) is 0 Å². The van der Waals surface area contributed by atoms with Gasteiger partial charge in [0.15, 0.2) is 0 Å². The highest BCUT2D eigenvalue weighted by molar-refractivity contribution is 5.04. The summed E-state index contributed by atoms with van der Waals surface area (Å²) in [5, 5.41) is 8.86. The van der Waals surface area contributed by atoms with E-state index in [4.69, 9.17) is 9.84 Å². The number of hydrogen-bond donors (Lipinski definition) is 1. The van der Waals surface area contributed by atoms with Crippen molar-refractivity contribution in [2.24, 2.45) is 5.92 Å². The van der Waals surface area contributed by atoms with Crippen molar-refractivity contribution >= 4 is 0 Å². The maximum Gasteiger partial charge on any atom is 0.0802 e. The van der Waals surface area contributed by atoms with Crippen LogP contribution in [0.1, 0.15) is 27.2 Å². The van der Waals surface area contributed by atoms with Crippen LogP contribution in [0.5, 0.6) is 0 Å². The summed E-state index contributed by atoms with van der Waals surface area (Å²) in [6.07, 6.45) is 5.01. The molecule has 0 saturated heterocycles. The Morgan fingerprint density at radius 2 is 2.14 bits per heavy atom. The molecule has 1 N–H and O–H groups in total. The molecule has 1 atom stereocenters. The van der Waals surface area contributed by atoms with Gasteiger partial charge in [-0.15, -0.1) is 0 Å². The molecular weight excluding hydrogens is 176 g/mol. The van der Waals surface area contributed by atoms with Gasteiger partial charge in [0.05, 0.1) is 12.2 Å². The van der Waals surface area contributed by atoms with Gasteiger partial charge in [-0.1, -0.05) is 25.7 Å². The molecule has 0 rings (SSSR count). The fraction of sp³-hybridized carbons (Fsp3) is 0.667. The molecule has 0 aromatic carbocycles. The SMILES string of the molecule is C=C(CO)[C@H](C)C/C=C/C(C)(C)OC. The van der Waals surface area contributed by atoms with Gasteiger partial charge in [0, 0.05) is 7.11 Å². The van der Waals surface area contributed by atoms with Crippen LogP contribution in [0.15, 0.2) is 24.3 Å². The van der Waals surface area contributed by atoms with Crippen LogP contribution in [-0.4, -0.2) is 24.4 Å². The molecule has 0 aromatic rings. The van der Waals surface area contributed by atoms with Gasteiger partial charge in [0.2, 0.25) is 0 Å². The smallest absolute Gasteiger partial charge is 0.0802 e. The number of hydrogen-bond acceptors (Lipinski definition) is 2. The Balaban J connectivity index is 3.99. The first kappa shape index (κ1) is 13.4. The molecule has 0 heterocycles. The fourth-order valence-electron chi connectivity index (χ4n) is 0.947. The van der Waals surface area contributed by atoms with E-state index in [2.05, 4.69) is 19.6 Å². The Hall–Kier alpha value is -0.600. The van der Waals surface area contributed by atoms with Crippen LogP contribution in [0, 0.1) is 5.92 Å². The zero-order valence-corrected chi connectivity index (χ0v) is 9.71. The maximum absolute atomic E-state index is 8.86. The third kappa shape index (κ3) is 5.20. The zero-order valence-electron chi connectivity index (χ0n) is 9.71. The average molecular weight is 198 g/mol. The molecule has 0 saturated carbocycles. The van der Waals surface area contributed by atoms with Gasteiger partial charge >= 0.3 is 0 Å². The summed E-state index contributed by atoms with van der Waals surface area (Å²) in [4.78, 5) is 0. The van der Waals surface area contributed by atoms with E-state index in [0.29, 0.717) is 5.92 Å². The van der Waals surface area contributed by atoms with E-state index in [1.807, 2.05) is 19.9 Å². The van der Waals surface area contributed by atoms with Gasteiger partial charge in [-0.2, -0.15) is 0 Å². The number of allylic oxidation sites excluding steroid dienone is 1. The van der Waals surface area contributed by atoms with Crippen molar-refractivity contribution < 1.29 is 9.84 Å². The predicted molar refractivity (Wildman–Crippen MR) is 60.2 cm³/mol. The minimum atomic E-state index is -0.208. The number of aliphatic hydroxyl groups is 1. The second-order valence-electron chi connectivity index (χ2n) is 4.16. The van der Waals surface area contributed by atoms with Crippen molar-refractivity contribution in [2.75, 3.05) is 13.7 Å². The Morgan fingerprint density at radius 3 is 2.57 bits per heavy atom. The molecule has 0 bridgehead atoms. The third-order valence-corrected chi connectivity index (χ3v) is 2.43. The molecule has 0 radical (unpaired) electrons. The second kappa shape index (κ2) is 5.99. The highest BCUT2D eigenvalue weighted by Gasteiger charge is 2.11. The summed E-state index contributed by atoms with van der Waals surface area (Å²) in [6, 6.07) is 0. The van der Waals surface area contributed by atoms with Gasteiger partial charge in [-0.3, -0.25) is 0 Å². The van der Waals surface area contributed by atoms with E-state index in [9.17, 15) is 0 Å². The van der Waals surface area contributed by atoms with Crippen molar-refractivity contribution in [3.05, 3.63) is 24.3 Å². The molecule has 0 aliphatic heterocycles. The van der Waals surface area contributed by atoms with E-state index in [1.54, 1.807) is 7.11 Å². The lowest BCUT2D eigenvalue weighted by molar-refractivity contribution is 0.0653. The molecule has 2 nitrogen and oxygen atoms in total. The molecule has 0 aliphatic rings. The van der Waals surface area contributed by atoms with E-state index < -0.39 is 0 Å². The zero-order chi connectivity index (χ0) is 11.2. The predicted octanol–water partition coefficient (Wildman–Crippen LogP) is 2.54. The first-order chi connectivity index (χ1) is 6.43. The van der Waals surface area contributed by atoms with Gasteiger partial charge in [-0.25, -0.2) is 0 Å². The lowest BCUT2D eigenvalue weighted by Crippen LogP contribution is -2.18. The van der Waals surface area contributed by atoms with Gasteiger partial charge in [-0.05, 0) is 31.8 Å². The van der Waals surface area contributed by atoms with E-state index in [0.717, 1.165) is 12.0 Å². The van der Waals surface area contributed by atoms with Crippen LogP contribution in [-0.2, 0) is 4.74 Å². The number of ether oxygens (including phenoxy) is 1. The summed E-state index contributed by atoms with van der Waals surface area (Å²) in [5.41, 5.74) is 0.671. The highest BCUT2D eigenvalue weighted by Crippen LogP contribution is 2.15. The monoisotopic (exact) mass is 198 g/mol. The Bertz CT molecular complexity index is 204. The second-order valence-corrected chi connectivity index (χ2v) is 4.16. The molecule has 0 fully saturated rings. The van der Waals surface area contributed by atoms with Gasteiger partial charge in [0.25, 0.3) is 0 Å². The maximum atomic E-state index is 8.86. The number of aliphatic hydroxyl groups excluding tert-OH is 1. The molecule has 14 heavy (non-hydrogen) atoms. The molecular formula is C12H22O2. The average Bonchev–Trinajstić information content (AvgIpc) is 2.16. The van der Waals surface area contributed by atoms with Crippen LogP contribution in [0.3, 0.4) is 0 Å². The fourth-order valence-corrected chi connectivity index (χ4v) is 0.947. The van der Waals surface area contributed by atoms with Crippen LogP contribution in [0.25, 0.3) is 0 Å². The Labute approximate surface area is 87.3 Å². The van der Waals surface area contributed by atoms with Crippen molar-refractivity contribution in [1.29, 1.82) is 0 Å². The Kier molecular flexibility index (Phi) is 5.73. The quantitative estimate of drug-likeness (QED) is 0.665. The largest absolute Gasteiger partial charge is 0.392 e. The lowest BCUT2D eigenvalue weighted by atomic mass is 9.98. The third-order valence-electron chi connectivity index (χ3n) is 2.43. The van der Waals surface area contributed by atoms with Crippen LogP contribution in [0.2, 0.25) is 0 Å². The summed E-state index contributed by atoms with van der Waals surface area (Å²) < 4.78 is 5.25. The van der Waals surface area contributed by atoms with Gasteiger partial charge in [0.1, 0.15) is 0 Å². The van der Waals surface area contributed by atoms with Crippen molar-refractivity contribution in [2.45, 2.75) is 32.8 Å². The molecule has 0 unspecified atom stereocenters. The minimum Gasteiger partial charge on any atom is -0.392 e. The summed E-state index contributed by atoms with van der Waals surface area (Å²) in [7, 11) is 1.69.